The molecule has 0 aromatic heterocycles. The van der Waals surface area contributed by atoms with Crippen LogP contribution in [-0.2, 0) is 16.0 Å². The van der Waals surface area contributed by atoms with Crippen LogP contribution in [0.4, 0.5) is 4.79 Å². The minimum absolute atomic E-state index is 0.175. The Balaban J connectivity index is 1.50. The van der Waals surface area contributed by atoms with Crippen LogP contribution >= 0.6 is 23.4 Å². The predicted octanol–water partition coefficient (Wildman–Crippen LogP) is 1.46. The minimum atomic E-state index is -0.604. The first-order chi connectivity index (χ1) is 10.5. The van der Waals surface area contributed by atoms with Crippen LogP contribution in [0.2, 0.25) is 5.02 Å². The van der Waals surface area contributed by atoms with Gasteiger partial charge in [-0.25, -0.2) is 0 Å². The molecule has 22 heavy (non-hydrogen) atoms. The highest BCUT2D eigenvalue weighted by Gasteiger charge is 2.31. The second kappa shape index (κ2) is 6.18. The van der Waals surface area contributed by atoms with E-state index in [-0.39, 0.29) is 35.9 Å². The summed E-state index contributed by atoms with van der Waals surface area (Å²) in [5.74, 6) is 0.350. The third-order valence-corrected chi connectivity index (χ3v) is 4.56. The van der Waals surface area contributed by atoms with Crippen molar-refractivity contribution in [1.29, 1.82) is 0 Å². The van der Waals surface area contributed by atoms with Crippen molar-refractivity contribution < 1.29 is 19.1 Å². The van der Waals surface area contributed by atoms with E-state index in [1.54, 1.807) is 18.2 Å². The normalized spacial score (nSPS) is 20.0. The number of carbonyl (C=O) groups excluding carboxylic acids is 3. The number of amides is 3. The van der Waals surface area contributed by atoms with Gasteiger partial charge in [-0.15, -0.1) is 0 Å². The Labute approximate surface area is 136 Å². The number of nitrogens with one attached hydrogen (secondary N) is 1. The molecule has 3 rings (SSSR count). The summed E-state index contributed by atoms with van der Waals surface area (Å²) in [7, 11) is 0. The molecule has 8 heteroatoms. The van der Waals surface area contributed by atoms with Crippen LogP contribution in [0, 0.1) is 0 Å². The summed E-state index contributed by atoms with van der Waals surface area (Å²) in [6, 6.07) is 5.23. The summed E-state index contributed by atoms with van der Waals surface area (Å²) in [5, 5.41) is 3.03. The molecule has 0 spiro atoms. The third kappa shape index (κ3) is 3.05. The summed E-state index contributed by atoms with van der Waals surface area (Å²) >= 11 is 6.88. The van der Waals surface area contributed by atoms with Crippen LogP contribution in [-0.4, -0.2) is 46.9 Å². The van der Waals surface area contributed by atoms with Crippen molar-refractivity contribution in [2.24, 2.45) is 0 Å². The molecule has 0 aliphatic carbocycles. The van der Waals surface area contributed by atoms with E-state index in [2.05, 4.69) is 5.32 Å². The molecule has 0 radical (unpaired) electrons. The van der Waals surface area contributed by atoms with E-state index in [0.717, 1.165) is 22.2 Å². The molecule has 1 fully saturated rings. The fourth-order valence-corrected chi connectivity index (χ4v) is 3.31. The van der Waals surface area contributed by atoms with E-state index < -0.39 is 6.10 Å². The molecular formula is C14H13ClN2O4S. The number of rotatable bonds is 4. The number of nitrogens with zero attached hydrogens (tertiary/aromatic N) is 1. The smallest absolute Gasteiger partial charge is 0.288 e. The van der Waals surface area contributed by atoms with Gasteiger partial charge in [0.05, 0.1) is 5.75 Å². The molecule has 2 aliphatic rings. The number of thioether (sulfide) groups is 1. The minimum Gasteiger partial charge on any atom is -0.480 e. The van der Waals surface area contributed by atoms with Gasteiger partial charge in [-0.3, -0.25) is 19.3 Å². The highest BCUT2D eigenvalue weighted by atomic mass is 35.5. The maximum atomic E-state index is 12.1. The molecule has 1 aromatic carbocycles. The van der Waals surface area contributed by atoms with Crippen LogP contribution in [0.3, 0.4) is 0 Å². The maximum absolute atomic E-state index is 12.1. The van der Waals surface area contributed by atoms with E-state index in [9.17, 15) is 14.4 Å². The summed E-state index contributed by atoms with van der Waals surface area (Å²) < 4.78 is 5.57. The molecule has 1 unspecified atom stereocenters. The van der Waals surface area contributed by atoms with Gasteiger partial charge in [-0.05, 0) is 23.8 Å². The first-order valence-electron chi connectivity index (χ1n) is 6.74. The Kier molecular flexibility index (Phi) is 4.26. The van der Waals surface area contributed by atoms with Gasteiger partial charge in [-0.1, -0.05) is 23.4 Å². The number of hydrogen-bond donors (Lipinski definition) is 1. The summed E-state index contributed by atoms with van der Waals surface area (Å²) in [5.41, 5.74) is 0.897. The Morgan fingerprint density at radius 2 is 2.27 bits per heavy atom. The zero-order valence-corrected chi connectivity index (χ0v) is 13.1. The lowest BCUT2D eigenvalue weighted by molar-refractivity contribution is -0.128. The summed E-state index contributed by atoms with van der Waals surface area (Å²) in [4.78, 5) is 36.1. The molecule has 1 atom stereocenters. The van der Waals surface area contributed by atoms with Crippen LogP contribution in [0.5, 0.6) is 5.75 Å². The van der Waals surface area contributed by atoms with E-state index in [1.807, 2.05) is 0 Å². The molecule has 6 nitrogen and oxygen atoms in total. The Morgan fingerprint density at radius 3 is 3.00 bits per heavy atom. The van der Waals surface area contributed by atoms with Crippen LogP contribution in [0.25, 0.3) is 0 Å². The van der Waals surface area contributed by atoms with Crippen molar-refractivity contribution in [1.82, 2.24) is 10.2 Å². The van der Waals surface area contributed by atoms with E-state index in [1.165, 1.54) is 0 Å². The molecule has 3 amide bonds. The first kappa shape index (κ1) is 15.2. The van der Waals surface area contributed by atoms with Crippen molar-refractivity contribution in [2.75, 3.05) is 18.8 Å². The van der Waals surface area contributed by atoms with Crippen LogP contribution in [0.15, 0.2) is 18.2 Å². The van der Waals surface area contributed by atoms with Gasteiger partial charge in [-0.2, -0.15) is 0 Å². The molecule has 1 saturated heterocycles. The third-order valence-electron chi connectivity index (χ3n) is 3.46. The Bertz CT molecular complexity index is 636. The molecule has 0 saturated carbocycles. The van der Waals surface area contributed by atoms with E-state index in [4.69, 9.17) is 16.3 Å². The fraction of sp³-hybridized carbons (Fsp3) is 0.357. The average molecular weight is 341 g/mol. The van der Waals surface area contributed by atoms with Crippen LogP contribution < -0.4 is 10.1 Å². The molecule has 2 heterocycles. The van der Waals surface area contributed by atoms with Gasteiger partial charge >= 0.3 is 0 Å². The van der Waals surface area contributed by atoms with Crippen molar-refractivity contribution in [3.63, 3.8) is 0 Å². The molecule has 1 aromatic rings. The van der Waals surface area contributed by atoms with E-state index >= 15 is 0 Å². The lowest BCUT2D eigenvalue weighted by Crippen LogP contribution is -2.42. The first-order valence-corrected chi connectivity index (χ1v) is 8.11. The summed E-state index contributed by atoms with van der Waals surface area (Å²) in [6.45, 7) is 0.399. The second-order valence-corrected chi connectivity index (χ2v) is 6.32. The quantitative estimate of drug-likeness (QED) is 0.898. The SMILES string of the molecule is O=C(NCCN1C(=O)CSC1=O)C1Cc2cc(Cl)ccc2O1. The second-order valence-electron chi connectivity index (χ2n) is 4.95. The largest absolute Gasteiger partial charge is 0.480 e. The van der Waals surface area contributed by atoms with Gasteiger partial charge in [0.25, 0.3) is 11.1 Å². The van der Waals surface area contributed by atoms with E-state index in [0.29, 0.717) is 17.2 Å². The topological polar surface area (TPSA) is 75.7 Å². The Hall–Kier alpha value is -1.73. The van der Waals surface area contributed by atoms with Gasteiger partial charge in [0.15, 0.2) is 6.10 Å². The lowest BCUT2D eigenvalue weighted by atomic mass is 10.1. The highest BCUT2D eigenvalue weighted by molar-refractivity contribution is 8.14. The van der Waals surface area contributed by atoms with Crippen molar-refractivity contribution >= 4 is 40.4 Å². The zero-order valence-electron chi connectivity index (χ0n) is 11.5. The fourth-order valence-electron chi connectivity index (χ4n) is 2.37. The number of carbonyl (C=O) groups is 3. The average Bonchev–Trinajstić information content (AvgIpc) is 3.04. The number of benzene rings is 1. The molecule has 0 bridgehead atoms. The maximum Gasteiger partial charge on any atom is 0.288 e. The Morgan fingerprint density at radius 1 is 1.45 bits per heavy atom. The monoisotopic (exact) mass is 340 g/mol. The summed E-state index contributed by atoms with van der Waals surface area (Å²) in [6.07, 6.45) is -0.146. The molecule has 1 N–H and O–H groups in total. The standard InChI is InChI=1S/C14H13ClN2O4S/c15-9-1-2-10-8(5-9)6-11(21-10)13(19)16-3-4-17-12(18)7-22-14(17)20/h1-2,5,11H,3-4,6-7H2,(H,16,19). The number of imide groups is 1. The molecular weight excluding hydrogens is 328 g/mol. The number of fused-ring (bicyclic) bond motifs is 1. The van der Waals surface area contributed by atoms with Crippen LogP contribution in [0.1, 0.15) is 5.56 Å². The van der Waals surface area contributed by atoms with Gasteiger partial charge in [0.1, 0.15) is 5.75 Å². The lowest BCUT2D eigenvalue weighted by Gasteiger charge is -2.15. The molecule has 116 valence electrons. The van der Waals surface area contributed by atoms with Gasteiger partial charge in [0.2, 0.25) is 5.91 Å². The number of halogens is 1. The molecule has 2 aliphatic heterocycles. The zero-order chi connectivity index (χ0) is 15.7. The van der Waals surface area contributed by atoms with Crippen molar-refractivity contribution in [3.05, 3.63) is 28.8 Å². The highest BCUT2D eigenvalue weighted by Crippen LogP contribution is 2.31. The van der Waals surface area contributed by atoms with Gasteiger partial charge < -0.3 is 10.1 Å². The van der Waals surface area contributed by atoms with Gasteiger partial charge in [0, 0.05) is 24.5 Å². The number of ether oxygens (including phenoxy) is 1. The van der Waals surface area contributed by atoms with Crippen molar-refractivity contribution in [2.45, 2.75) is 12.5 Å². The van der Waals surface area contributed by atoms with Crippen molar-refractivity contribution in [3.8, 4) is 5.75 Å². The number of hydrogen-bond acceptors (Lipinski definition) is 5. The predicted molar refractivity (Wildman–Crippen MR) is 82.1 cm³/mol.